The van der Waals surface area contributed by atoms with Gasteiger partial charge in [-0.3, -0.25) is 30.3 Å². The van der Waals surface area contributed by atoms with Crippen molar-refractivity contribution in [3.63, 3.8) is 0 Å². The number of aromatic hydroxyl groups is 4. The van der Waals surface area contributed by atoms with E-state index in [1.165, 1.54) is 50.3 Å². The molecule has 4 aromatic carbocycles. The molecule has 75 heavy (non-hydrogen) atoms. The molecule has 21 heteroatoms. The van der Waals surface area contributed by atoms with Gasteiger partial charge in [-0.05, 0) is 105 Å². The van der Waals surface area contributed by atoms with Crippen LogP contribution in [0.3, 0.4) is 0 Å². The number of nitro groups is 3. The SMILES string of the molecule is C#C/C=C(\C=C(/C)N=Nc1cc2c(O)c(c1)Cc1cc(N=N/C(C)=C/C(=C\C#C)[N+](=O)[O-])cc(c1O)Cc1cc(N=NC3=CC([N+](=O)[O-])=CC3)cc(c1O)CCCc1cc(N=NC3=CC=CC3)cc(c1O)C2)[N+](=O)[O-]. The van der Waals surface area contributed by atoms with Gasteiger partial charge in [-0.25, -0.2) is 0 Å². The third-order valence-corrected chi connectivity index (χ3v) is 11.7. The molecule has 0 amide bonds. The van der Waals surface area contributed by atoms with Crippen LogP contribution in [0.1, 0.15) is 77.6 Å². The van der Waals surface area contributed by atoms with Crippen LogP contribution in [0.4, 0.5) is 22.7 Å². The maximum atomic E-state index is 12.2. The number of azo groups is 4. The fraction of sp³-hybridized carbons (Fsp3) is 0.185. The maximum absolute atomic E-state index is 12.2. The molecule has 4 N–H and O–H groups in total. The predicted octanol–water partition coefficient (Wildman–Crippen LogP) is 12.8. The van der Waals surface area contributed by atoms with Crippen LogP contribution < -0.4 is 0 Å². The van der Waals surface area contributed by atoms with Crippen molar-refractivity contribution < 1.29 is 35.2 Å². The van der Waals surface area contributed by atoms with Crippen LogP contribution >= 0.6 is 0 Å². The number of phenols is 4. The molecule has 0 spiro atoms. The number of terminal acetylenes is 2. The fourth-order valence-electron chi connectivity index (χ4n) is 8.14. The zero-order chi connectivity index (χ0) is 53.8. The highest BCUT2D eigenvalue weighted by Gasteiger charge is 2.22. The average Bonchev–Trinajstić information content (AvgIpc) is 4.09. The van der Waals surface area contributed by atoms with E-state index < -0.39 is 26.2 Å². The van der Waals surface area contributed by atoms with Crippen molar-refractivity contribution in [2.45, 2.75) is 65.2 Å². The maximum Gasteiger partial charge on any atom is 0.279 e. The van der Waals surface area contributed by atoms with Gasteiger partial charge in [0.05, 0.1) is 72.5 Å². The molecule has 0 saturated carbocycles. The molecule has 0 saturated heterocycles. The molecular formula is C54H45N11O10. The highest BCUT2D eigenvalue weighted by atomic mass is 16.6. The monoisotopic (exact) mass is 1010 g/mol. The number of fused-ring (bicyclic) bond motifs is 8. The summed E-state index contributed by atoms with van der Waals surface area (Å²) >= 11 is 0. The van der Waals surface area contributed by atoms with Crippen LogP contribution in [-0.4, -0.2) is 35.2 Å². The van der Waals surface area contributed by atoms with E-state index in [0.717, 1.165) is 24.3 Å². The van der Waals surface area contributed by atoms with Gasteiger partial charge < -0.3 is 20.4 Å². The molecule has 4 aromatic rings. The van der Waals surface area contributed by atoms with Crippen LogP contribution in [0.2, 0.25) is 0 Å². The minimum atomic E-state index is -0.681. The van der Waals surface area contributed by atoms with E-state index in [2.05, 4.69) is 52.8 Å². The first kappa shape index (κ1) is 52.5. The first-order valence-corrected chi connectivity index (χ1v) is 22.9. The van der Waals surface area contributed by atoms with E-state index in [4.69, 9.17) is 12.8 Å². The normalized spacial score (nSPS) is 15.4. The molecule has 0 aliphatic heterocycles. The summed E-state index contributed by atoms with van der Waals surface area (Å²) in [5.74, 6) is 3.49. The van der Waals surface area contributed by atoms with Crippen molar-refractivity contribution in [3.05, 3.63) is 218 Å². The number of hydrogen-bond acceptors (Lipinski definition) is 18. The van der Waals surface area contributed by atoms with E-state index in [9.17, 15) is 50.8 Å². The third kappa shape index (κ3) is 13.6. The third-order valence-electron chi connectivity index (χ3n) is 11.7. The fourth-order valence-corrected chi connectivity index (χ4v) is 8.14. The minimum Gasteiger partial charge on any atom is -0.507 e. The molecule has 0 fully saturated rings. The molecule has 8 bridgehead atoms. The van der Waals surface area contributed by atoms with Gasteiger partial charge in [0.25, 0.3) is 17.1 Å². The van der Waals surface area contributed by atoms with Crippen LogP contribution in [-0.2, 0) is 32.1 Å². The van der Waals surface area contributed by atoms with Gasteiger partial charge in [-0.15, -0.1) is 12.8 Å². The smallest absolute Gasteiger partial charge is 0.279 e. The first-order chi connectivity index (χ1) is 36.0. The summed E-state index contributed by atoms with van der Waals surface area (Å²) in [4.78, 5) is 32.8. The van der Waals surface area contributed by atoms with Gasteiger partial charge in [0.1, 0.15) is 23.0 Å². The van der Waals surface area contributed by atoms with Crippen LogP contribution in [0.15, 0.2) is 184 Å². The van der Waals surface area contributed by atoms with Crippen molar-refractivity contribution in [1.82, 2.24) is 0 Å². The van der Waals surface area contributed by atoms with Gasteiger partial charge in [-0.2, -0.15) is 40.9 Å². The highest BCUT2D eigenvalue weighted by molar-refractivity contribution is 5.62. The number of allylic oxidation sites excluding steroid dienone is 11. The van der Waals surface area contributed by atoms with Crippen LogP contribution in [0, 0.1) is 55.0 Å². The number of nitrogens with zero attached hydrogens (tertiary/aromatic N) is 11. The summed E-state index contributed by atoms with van der Waals surface area (Å²) in [6.07, 6.45) is 24.3. The lowest BCUT2D eigenvalue weighted by atomic mass is 9.91. The van der Waals surface area contributed by atoms with Crippen LogP contribution in [0.25, 0.3) is 0 Å². The molecule has 3 aliphatic carbocycles. The minimum absolute atomic E-state index is 0.0937. The molecule has 0 atom stereocenters. The Bertz CT molecular complexity index is 3520. The van der Waals surface area contributed by atoms with Gasteiger partial charge in [0.15, 0.2) is 0 Å². The zero-order valence-corrected chi connectivity index (χ0v) is 40.3. The molecule has 7 rings (SSSR count). The summed E-state index contributed by atoms with van der Waals surface area (Å²) in [5, 5.41) is 118. The Morgan fingerprint density at radius 2 is 0.947 bits per heavy atom. The molecule has 21 nitrogen and oxygen atoms in total. The Labute approximate surface area is 428 Å². The molecule has 376 valence electrons. The van der Waals surface area contributed by atoms with E-state index >= 15 is 0 Å². The van der Waals surface area contributed by atoms with Crippen molar-refractivity contribution >= 4 is 22.7 Å². The van der Waals surface area contributed by atoms with Gasteiger partial charge in [0.2, 0.25) is 0 Å². The Kier molecular flexibility index (Phi) is 16.6. The highest BCUT2D eigenvalue weighted by Crippen LogP contribution is 2.42. The molecule has 0 radical (unpaired) electrons. The quantitative estimate of drug-likeness (QED) is 0.0322. The van der Waals surface area contributed by atoms with Gasteiger partial charge in [-0.1, -0.05) is 24.0 Å². The molecule has 0 unspecified atom stereocenters. The van der Waals surface area contributed by atoms with Gasteiger partial charge in [0, 0.05) is 83.7 Å². The average molecular weight is 1010 g/mol. The Balaban J connectivity index is 1.43. The van der Waals surface area contributed by atoms with E-state index in [1.54, 1.807) is 24.3 Å². The number of benzene rings is 4. The standard InChI is InChI=1S/C54H45N11O10/c1-5-10-48(63(70)71)18-32(3)55-59-46-27-38-20-36-25-44(61-57-42-14-7-8-15-42)23-34(51(36)66)12-9-13-35-24-45(62-58-43-16-17-50(31-43)65(74)75)26-37(52(35)67)21-39-28-47(30-41(54(39)69)22-40(29-46)53(38)68)60-56-33(4)19-49(11-6-2)64(72)73/h1-2,7-8,10-11,14,17-19,23-31,66-69H,9,12-13,15-16,20-22H2,3-4H3/b32-18+,33-19+,48-10+,49-11+,59-55?,60-56?,61-57?,62-58?. The summed E-state index contributed by atoms with van der Waals surface area (Å²) in [5.41, 5.74) is 3.71. The number of phenolic OH excluding ortho intramolecular Hbond substituents is 4. The van der Waals surface area contributed by atoms with Crippen molar-refractivity contribution in [1.29, 1.82) is 0 Å². The van der Waals surface area contributed by atoms with Gasteiger partial charge >= 0.3 is 0 Å². The topological polar surface area (TPSA) is 309 Å². The van der Waals surface area contributed by atoms with E-state index in [1.807, 2.05) is 18.2 Å². The van der Waals surface area contributed by atoms with Crippen molar-refractivity contribution in [2.75, 3.05) is 0 Å². The summed E-state index contributed by atoms with van der Waals surface area (Å²) < 4.78 is 0. The lowest BCUT2D eigenvalue weighted by Crippen LogP contribution is -2.01. The van der Waals surface area contributed by atoms with Crippen molar-refractivity contribution in [3.8, 4) is 47.7 Å². The van der Waals surface area contributed by atoms with E-state index in [0.29, 0.717) is 46.6 Å². The Morgan fingerprint density at radius 1 is 0.560 bits per heavy atom. The second kappa shape index (κ2) is 23.8. The lowest BCUT2D eigenvalue weighted by molar-refractivity contribution is -0.419. The molecular weight excluding hydrogens is 963 g/mol. The number of aryl methyl sites for hydroxylation is 2. The number of rotatable bonds is 13. The summed E-state index contributed by atoms with van der Waals surface area (Å²) in [7, 11) is 0. The second-order valence-electron chi connectivity index (χ2n) is 17.2. The molecule has 0 heterocycles. The summed E-state index contributed by atoms with van der Waals surface area (Å²) in [6.45, 7) is 2.94. The number of hydrogen-bond donors (Lipinski definition) is 4. The lowest BCUT2D eigenvalue weighted by Gasteiger charge is -2.18. The molecule has 3 aliphatic rings. The molecule has 0 aromatic heterocycles. The first-order valence-electron chi connectivity index (χ1n) is 22.9. The zero-order valence-electron chi connectivity index (χ0n) is 40.3. The van der Waals surface area contributed by atoms with Crippen LogP contribution in [0.5, 0.6) is 23.0 Å². The largest absolute Gasteiger partial charge is 0.507 e. The Morgan fingerprint density at radius 3 is 1.31 bits per heavy atom. The Hall–Kier alpha value is -10.3. The second-order valence-corrected chi connectivity index (χ2v) is 17.2. The van der Waals surface area contributed by atoms with E-state index in [-0.39, 0.29) is 123 Å². The predicted molar refractivity (Wildman–Crippen MR) is 276 cm³/mol. The van der Waals surface area contributed by atoms with Crippen molar-refractivity contribution in [2.24, 2.45) is 40.9 Å². The summed E-state index contributed by atoms with van der Waals surface area (Å²) in [6, 6.07) is 12.5.